The molecule has 0 bridgehead atoms. The van der Waals surface area contributed by atoms with Crippen LogP contribution < -0.4 is 10.9 Å². The molecule has 0 radical (unpaired) electrons. The SMILES string of the molecule is CC(CO)CNC(=O)c1ccc2c(=O)n3c(nc2c1)CCCCCC3. The molecule has 0 aliphatic carbocycles. The third-order valence-corrected chi connectivity index (χ3v) is 4.75. The summed E-state index contributed by atoms with van der Waals surface area (Å²) >= 11 is 0. The quantitative estimate of drug-likeness (QED) is 0.888. The molecule has 134 valence electrons. The first kappa shape index (κ1) is 17.6. The molecule has 1 unspecified atom stereocenters. The van der Waals surface area contributed by atoms with Crippen LogP contribution in [0.25, 0.3) is 10.9 Å². The average Bonchev–Trinajstić information content (AvgIpc) is 2.60. The Bertz CT molecular complexity index is 829. The summed E-state index contributed by atoms with van der Waals surface area (Å²) in [7, 11) is 0. The molecule has 1 aromatic heterocycles. The van der Waals surface area contributed by atoms with Gasteiger partial charge in [0, 0.05) is 31.7 Å². The van der Waals surface area contributed by atoms with Gasteiger partial charge in [0.2, 0.25) is 0 Å². The summed E-state index contributed by atoms with van der Waals surface area (Å²) in [6.07, 6.45) is 5.16. The number of carbonyl (C=O) groups is 1. The number of aromatic nitrogens is 2. The molecule has 2 heterocycles. The number of amides is 1. The molecule has 0 saturated heterocycles. The second-order valence-electron chi connectivity index (χ2n) is 6.88. The fourth-order valence-electron chi connectivity index (χ4n) is 3.17. The topological polar surface area (TPSA) is 84.2 Å². The Hall–Kier alpha value is -2.21. The second kappa shape index (κ2) is 7.78. The maximum Gasteiger partial charge on any atom is 0.261 e. The van der Waals surface area contributed by atoms with Gasteiger partial charge < -0.3 is 10.4 Å². The van der Waals surface area contributed by atoms with Gasteiger partial charge in [-0.3, -0.25) is 14.2 Å². The molecule has 1 aliphatic rings. The van der Waals surface area contributed by atoms with Crippen LogP contribution in [0.2, 0.25) is 0 Å². The number of nitrogens with zero attached hydrogens (tertiary/aromatic N) is 2. The summed E-state index contributed by atoms with van der Waals surface area (Å²) in [6.45, 7) is 3.02. The number of aliphatic hydroxyl groups excluding tert-OH is 1. The summed E-state index contributed by atoms with van der Waals surface area (Å²) in [5.41, 5.74) is 1.06. The lowest BCUT2D eigenvalue weighted by molar-refractivity contribution is 0.0942. The Labute approximate surface area is 146 Å². The summed E-state index contributed by atoms with van der Waals surface area (Å²) in [6, 6.07) is 5.05. The first-order valence-electron chi connectivity index (χ1n) is 9.02. The molecule has 1 aliphatic heterocycles. The van der Waals surface area contributed by atoms with Crippen molar-refractivity contribution in [3.8, 4) is 0 Å². The van der Waals surface area contributed by atoms with Gasteiger partial charge in [-0.1, -0.05) is 19.8 Å². The minimum Gasteiger partial charge on any atom is -0.396 e. The predicted octanol–water partition coefficient (Wildman–Crippen LogP) is 1.87. The van der Waals surface area contributed by atoms with Gasteiger partial charge >= 0.3 is 0 Å². The molecule has 3 rings (SSSR count). The number of hydrogen-bond donors (Lipinski definition) is 2. The molecule has 0 spiro atoms. The van der Waals surface area contributed by atoms with Crippen molar-refractivity contribution in [2.75, 3.05) is 13.2 Å². The summed E-state index contributed by atoms with van der Waals surface area (Å²) in [4.78, 5) is 29.7. The molecular weight excluding hydrogens is 318 g/mol. The van der Waals surface area contributed by atoms with Crippen molar-refractivity contribution in [2.24, 2.45) is 5.92 Å². The molecule has 1 amide bonds. The van der Waals surface area contributed by atoms with Crippen molar-refractivity contribution in [1.29, 1.82) is 0 Å². The Morgan fingerprint density at radius 2 is 2.12 bits per heavy atom. The number of carbonyl (C=O) groups excluding carboxylic acids is 1. The summed E-state index contributed by atoms with van der Waals surface area (Å²) in [5.74, 6) is 0.617. The van der Waals surface area contributed by atoms with Crippen molar-refractivity contribution >= 4 is 16.8 Å². The fourth-order valence-corrected chi connectivity index (χ4v) is 3.17. The van der Waals surface area contributed by atoms with E-state index >= 15 is 0 Å². The van der Waals surface area contributed by atoms with Crippen LogP contribution in [0.15, 0.2) is 23.0 Å². The Kier molecular flexibility index (Phi) is 5.48. The van der Waals surface area contributed by atoms with E-state index < -0.39 is 0 Å². The fraction of sp³-hybridized carbons (Fsp3) is 0.526. The van der Waals surface area contributed by atoms with Crippen molar-refractivity contribution in [2.45, 2.75) is 45.6 Å². The van der Waals surface area contributed by atoms with E-state index in [2.05, 4.69) is 10.3 Å². The van der Waals surface area contributed by atoms with Gasteiger partial charge in [-0.15, -0.1) is 0 Å². The number of hydrogen-bond acceptors (Lipinski definition) is 4. The number of rotatable bonds is 4. The monoisotopic (exact) mass is 343 g/mol. The van der Waals surface area contributed by atoms with E-state index in [0.29, 0.717) is 23.0 Å². The number of nitrogens with one attached hydrogen (secondary N) is 1. The van der Waals surface area contributed by atoms with Gasteiger partial charge in [-0.2, -0.15) is 0 Å². The second-order valence-corrected chi connectivity index (χ2v) is 6.88. The lowest BCUT2D eigenvalue weighted by Gasteiger charge is -2.16. The van der Waals surface area contributed by atoms with Crippen LogP contribution in [0.5, 0.6) is 0 Å². The van der Waals surface area contributed by atoms with E-state index in [1.807, 2.05) is 6.92 Å². The van der Waals surface area contributed by atoms with Crippen LogP contribution in [-0.4, -0.2) is 33.7 Å². The minimum absolute atomic E-state index is 0.00637. The zero-order valence-corrected chi connectivity index (χ0v) is 14.6. The first-order chi connectivity index (χ1) is 12.1. The van der Waals surface area contributed by atoms with Gasteiger partial charge in [0.05, 0.1) is 10.9 Å². The normalized spacial score (nSPS) is 15.9. The van der Waals surface area contributed by atoms with Gasteiger partial charge in [0.15, 0.2) is 0 Å². The third kappa shape index (κ3) is 3.90. The molecule has 2 aromatic rings. The molecule has 0 saturated carbocycles. The smallest absolute Gasteiger partial charge is 0.261 e. The maximum atomic E-state index is 12.8. The highest BCUT2D eigenvalue weighted by Gasteiger charge is 2.15. The highest BCUT2D eigenvalue weighted by molar-refractivity contribution is 5.97. The Morgan fingerprint density at radius 3 is 2.92 bits per heavy atom. The van der Waals surface area contributed by atoms with Crippen LogP contribution in [0.4, 0.5) is 0 Å². The van der Waals surface area contributed by atoms with E-state index in [4.69, 9.17) is 5.11 Å². The van der Waals surface area contributed by atoms with E-state index in [-0.39, 0.29) is 24.0 Å². The van der Waals surface area contributed by atoms with Gasteiger partial charge in [-0.25, -0.2) is 4.98 Å². The van der Waals surface area contributed by atoms with E-state index in [0.717, 1.165) is 38.1 Å². The van der Waals surface area contributed by atoms with E-state index in [9.17, 15) is 9.59 Å². The predicted molar refractivity (Wildman–Crippen MR) is 96.8 cm³/mol. The van der Waals surface area contributed by atoms with E-state index in [1.165, 1.54) is 6.42 Å². The van der Waals surface area contributed by atoms with Crippen molar-refractivity contribution < 1.29 is 9.90 Å². The first-order valence-corrected chi connectivity index (χ1v) is 9.02. The highest BCUT2D eigenvalue weighted by Crippen LogP contribution is 2.16. The zero-order chi connectivity index (χ0) is 17.8. The molecule has 6 nitrogen and oxygen atoms in total. The van der Waals surface area contributed by atoms with Crippen molar-refractivity contribution in [1.82, 2.24) is 14.9 Å². The molecule has 1 atom stereocenters. The molecule has 6 heteroatoms. The lowest BCUT2D eigenvalue weighted by Crippen LogP contribution is -2.30. The Morgan fingerprint density at radius 1 is 1.32 bits per heavy atom. The largest absolute Gasteiger partial charge is 0.396 e. The number of benzene rings is 1. The lowest BCUT2D eigenvalue weighted by atomic mass is 10.1. The van der Waals surface area contributed by atoms with E-state index in [1.54, 1.807) is 22.8 Å². The van der Waals surface area contributed by atoms with Crippen LogP contribution >= 0.6 is 0 Å². The molecular formula is C19H25N3O3. The van der Waals surface area contributed by atoms with Crippen molar-refractivity contribution in [3.63, 3.8) is 0 Å². The van der Waals surface area contributed by atoms with Crippen LogP contribution in [0.1, 0.15) is 48.8 Å². The molecule has 0 fully saturated rings. The highest BCUT2D eigenvalue weighted by atomic mass is 16.3. The minimum atomic E-state index is -0.212. The van der Waals surface area contributed by atoms with Crippen molar-refractivity contribution in [3.05, 3.63) is 39.9 Å². The van der Waals surface area contributed by atoms with Crippen LogP contribution in [0, 0.1) is 5.92 Å². The number of aliphatic hydroxyl groups is 1. The average molecular weight is 343 g/mol. The molecule has 25 heavy (non-hydrogen) atoms. The number of aryl methyl sites for hydroxylation is 1. The Balaban J connectivity index is 1.93. The third-order valence-electron chi connectivity index (χ3n) is 4.75. The zero-order valence-electron chi connectivity index (χ0n) is 14.6. The number of fused-ring (bicyclic) bond motifs is 2. The van der Waals surface area contributed by atoms with Crippen LogP contribution in [-0.2, 0) is 13.0 Å². The molecule has 1 aromatic carbocycles. The van der Waals surface area contributed by atoms with Gasteiger partial charge in [0.25, 0.3) is 11.5 Å². The summed E-state index contributed by atoms with van der Waals surface area (Å²) < 4.78 is 1.80. The molecule has 2 N–H and O–H groups in total. The van der Waals surface area contributed by atoms with Gasteiger partial charge in [-0.05, 0) is 37.0 Å². The van der Waals surface area contributed by atoms with Gasteiger partial charge in [0.1, 0.15) is 5.82 Å². The van der Waals surface area contributed by atoms with Crippen LogP contribution in [0.3, 0.4) is 0 Å². The standard InChI is InChI=1S/C19H25N3O3/c1-13(12-23)11-20-18(24)14-7-8-15-16(10-14)21-17-6-4-2-3-5-9-22(17)19(15)25/h7-8,10,13,23H,2-6,9,11-12H2,1H3,(H,20,24). The maximum absolute atomic E-state index is 12.8. The summed E-state index contributed by atoms with van der Waals surface area (Å²) in [5, 5.41) is 12.4.